The zero-order valence-electron chi connectivity index (χ0n) is 41.7. The number of epoxide rings is 1. The molecule has 0 radical (unpaired) electrons. The van der Waals surface area contributed by atoms with E-state index in [1.165, 1.54) is 20.5 Å². The summed E-state index contributed by atoms with van der Waals surface area (Å²) in [5.74, 6) is 4.30. The summed E-state index contributed by atoms with van der Waals surface area (Å²) >= 11 is 0. The Morgan fingerprint density at radius 1 is 0.700 bits per heavy atom. The van der Waals surface area contributed by atoms with E-state index in [2.05, 4.69) is 22.3 Å². The van der Waals surface area contributed by atoms with Crippen molar-refractivity contribution < 1.29 is 47.9 Å². The van der Waals surface area contributed by atoms with Crippen LogP contribution in [0.4, 0.5) is 9.59 Å². The molecule has 1 fully saturated rings. The number of rotatable bonds is 11. The SMILES string of the molecule is Cc1nn(C(=O)OC(C)(C)C)c2cccc(OC[C@@H](O)CCCC3COc4ccccc4C3)c12.Cc1nn(C(=O)OC(C)(C)C)c2cccc(OC[C@@H]3CO3)c12.NCC1COc2ccccc2C1.S.S. The summed E-state index contributed by atoms with van der Waals surface area (Å²) in [6.45, 7) is 18.3. The van der Waals surface area contributed by atoms with E-state index in [4.69, 9.17) is 38.9 Å². The molecule has 4 aromatic carbocycles. The number of ether oxygens (including phenoxy) is 7. The van der Waals surface area contributed by atoms with E-state index in [1.54, 1.807) is 0 Å². The molecule has 0 aliphatic carbocycles. The summed E-state index contributed by atoms with van der Waals surface area (Å²) in [7, 11) is 0. The Labute approximate surface area is 425 Å². The number of para-hydroxylation sites is 2. The zero-order valence-corrected chi connectivity index (χ0v) is 43.7. The molecule has 3 aliphatic rings. The van der Waals surface area contributed by atoms with Gasteiger partial charge in [-0.15, -0.1) is 0 Å². The maximum atomic E-state index is 12.6. The minimum absolute atomic E-state index is 0. The van der Waals surface area contributed by atoms with Crippen LogP contribution in [-0.4, -0.2) is 99.8 Å². The molecule has 0 saturated carbocycles. The zero-order chi connectivity index (χ0) is 48.6. The Hall–Kier alpha value is -5.46. The topological polar surface area (TPSA) is 184 Å². The fourth-order valence-electron chi connectivity index (χ4n) is 8.13. The fraction of sp³-hybridized carbons (Fsp3) is 0.472. The van der Waals surface area contributed by atoms with Gasteiger partial charge in [-0.1, -0.05) is 55.0 Å². The van der Waals surface area contributed by atoms with E-state index in [0.717, 1.165) is 73.5 Å². The van der Waals surface area contributed by atoms with Gasteiger partial charge >= 0.3 is 12.2 Å². The molecule has 70 heavy (non-hydrogen) atoms. The second kappa shape index (κ2) is 24.6. The van der Waals surface area contributed by atoms with Crippen LogP contribution >= 0.6 is 27.0 Å². The molecule has 0 spiro atoms. The first-order chi connectivity index (χ1) is 32.5. The first-order valence-electron chi connectivity index (χ1n) is 23.6. The number of hydrogen-bond donors (Lipinski definition) is 2. The minimum atomic E-state index is -0.616. The number of aliphatic hydroxyl groups is 1. The highest BCUT2D eigenvalue weighted by Crippen LogP contribution is 2.33. The number of benzene rings is 4. The molecule has 1 saturated heterocycles. The van der Waals surface area contributed by atoms with Crippen molar-refractivity contribution in [3.63, 3.8) is 0 Å². The maximum Gasteiger partial charge on any atom is 0.435 e. The predicted molar refractivity (Wildman–Crippen MR) is 281 cm³/mol. The quantitative estimate of drug-likeness (QED) is 0.117. The van der Waals surface area contributed by atoms with Gasteiger partial charge < -0.3 is 44.0 Å². The Kier molecular flexibility index (Phi) is 19.5. The van der Waals surface area contributed by atoms with Gasteiger partial charge in [0.15, 0.2) is 0 Å². The van der Waals surface area contributed by atoms with Gasteiger partial charge in [0.1, 0.15) is 53.5 Å². The molecule has 3 aliphatic heterocycles. The number of aliphatic hydroxyl groups excluding tert-OH is 1. The van der Waals surface area contributed by atoms with Crippen LogP contribution in [-0.2, 0) is 27.1 Å². The van der Waals surface area contributed by atoms with Crippen LogP contribution in [0.15, 0.2) is 84.9 Å². The van der Waals surface area contributed by atoms with Crippen LogP contribution in [0.1, 0.15) is 83.3 Å². The highest BCUT2D eigenvalue weighted by Gasteiger charge is 2.27. The van der Waals surface area contributed by atoms with Gasteiger partial charge in [0, 0.05) is 5.92 Å². The van der Waals surface area contributed by atoms with E-state index in [0.29, 0.717) is 59.6 Å². The third kappa shape index (κ3) is 15.0. The average molecular weight is 1000 g/mol. The average Bonchev–Trinajstić information content (AvgIpc) is 3.99. The van der Waals surface area contributed by atoms with Crippen molar-refractivity contribution in [3.8, 4) is 23.0 Å². The largest absolute Gasteiger partial charge is 0.493 e. The normalized spacial score (nSPS) is 17.2. The smallest absolute Gasteiger partial charge is 0.435 e. The second-order valence-electron chi connectivity index (χ2n) is 19.6. The van der Waals surface area contributed by atoms with Crippen LogP contribution < -0.4 is 24.7 Å². The molecule has 3 N–H and O–H groups in total. The molecule has 6 aromatic rings. The highest BCUT2D eigenvalue weighted by atomic mass is 32.1. The third-order valence-corrected chi connectivity index (χ3v) is 11.5. The van der Waals surface area contributed by atoms with Crippen molar-refractivity contribution in [2.24, 2.45) is 17.6 Å². The monoisotopic (exact) mass is 1000 g/mol. The van der Waals surface area contributed by atoms with Crippen LogP contribution in [0.5, 0.6) is 23.0 Å². The molecule has 15 nitrogen and oxygen atoms in total. The van der Waals surface area contributed by atoms with Gasteiger partial charge in [0.05, 0.1) is 59.1 Å². The Morgan fingerprint density at radius 3 is 1.66 bits per heavy atom. The summed E-state index contributed by atoms with van der Waals surface area (Å²) in [5.41, 5.74) is 9.65. The number of aryl methyl sites for hydroxylation is 2. The van der Waals surface area contributed by atoms with Gasteiger partial charge in [0.2, 0.25) is 0 Å². The van der Waals surface area contributed by atoms with Crippen molar-refractivity contribution in [1.29, 1.82) is 0 Å². The van der Waals surface area contributed by atoms with E-state index >= 15 is 0 Å². The van der Waals surface area contributed by atoms with Crippen LogP contribution in [0.25, 0.3) is 21.8 Å². The van der Waals surface area contributed by atoms with Crippen LogP contribution in [0, 0.1) is 25.7 Å². The molecule has 4 atom stereocenters. The third-order valence-electron chi connectivity index (χ3n) is 11.5. The lowest BCUT2D eigenvalue weighted by Crippen LogP contribution is -2.27. The second-order valence-corrected chi connectivity index (χ2v) is 19.6. The summed E-state index contributed by atoms with van der Waals surface area (Å²) < 4.78 is 41.7. The van der Waals surface area contributed by atoms with Crippen molar-refractivity contribution in [2.75, 3.05) is 39.6 Å². The Morgan fingerprint density at radius 2 is 1.17 bits per heavy atom. The van der Waals surface area contributed by atoms with Gasteiger partial charge in [0.25, 0.3) is 0 Å². The van der Waals surface area contributed by atoms with Gasteiger partial charge in [-0.25, -0.2) is 9.59 Å². The molecule has 0 bridgehead atoms. The van der Waals surface area contributed by atoms with Crippen molar-refractivity contribution in [2.45, 2.75) is 111 Å². The van der Waals surface area contributed by atoms with E-state index in [-0.39, 0.29) is 39.7 Å². The summed E-state index contributed by atoms with van der Waals surface area (Å²) in [6, 6.07) is 27.4. The van der Waals surface area contributed by atoms with Gasteiger partial charge in [-0.2, -0.15) is 46.6 Å². The summed E-state index contributed by atoms with van der Waals surface area (Å²) in [6.07, 6.45) is 3.22. The lowest BCUT2D eigenvalue weighted by Gasteiger charge is -2.25. The molecule has 2 unspecified atom stereocenters. The molecule has 2 aromatic heterocycles. The molecule has 5 heterocycles. The number of nitrogens with zero attached hydrogens (tertiary/aromatic N) is 4. The first-order valence-corrected chi connectivity index (χ1v) is 23.6. The highest BCUT2D eigenvalue weighted by molar-refractivity contribution is 7.59. The fourth-order valence-corrected chi connectivity index (χ4v) is 8.13. The lowest BCUT2D eigenvalue weighted by atomic mass is 9.92. The van der Waals surface area contributed by atoms with Crippen LogP contribution in [0.3, 0.4) is 0 Å². The van der Waals surface area contributed by atoms with Crippen molar-refractivity contribution >= 4 is 61.0 Å². The number of carbonyl (C=O) groups excluding carboxylic acids is 2. The lowest BCUT2D eigenvalue weighted by molar-refractivity contribution is 0.0511. The van der Waals surface area contributed by atoms with E-state index in [1.807, 2.05) is 128 Å². The molecule has 9 rings (SSSR count). The van der Waals surface area contributed by atoms with Crippen molar-refractivity contribution in [3.05, 3.63) is 107 Å². The number of fused-ring (bicyclic) bond motifs is 4. The Balaban J connectivity index is 0.000000216. The number of aromatic nitrogens is 4. The predicted octanol–water partition coefficient (Wildman–Crippen LogP) is 9.62. The van der Waals surface area contributed by atoms with Gasteiger partial charge in [-0.3, -0.25) is 0 Å². The minimum Gasteiger partial charge on any atom is -0.493 e. The number of nitrogens with two attached hydrogens (primary N) is 1. The Bertz CT molecular complexity index is 2670. The first kappa shape index (κ1) is 55.5. The van der Waals surface area contributed by atoms with Gasteiger partial charge in [-0.05, 0) is 141 Å². The summed E-state index contributed by atoms with van der Waals surface area (Å²) in [4.78, 5) is 24.9. The number of carbonyl (C=O) groups is 2. The van der Waals surface area contributed by atoms with E-state index < -0.39 is 29.5 Å². The molecule has 17 heteroatoms. The summed E-state index contributed by atoms with van der Waals surface area (Å²) in [5, 5.41) is 20.8. The number of hydrogen-bond acceptors (Lipinski definition) is 13. The standard InChI is InChI=1S/C27H34N2O5.C16H20N2O4.C10H13NO.2H2S/c1-18-25-22(29(28-18)26(31)34-27(2,3)4)12-8-14-24(25)33-17-21(30)11-7-9-19-15-20-10-5-6-13-23(20)32-16-19;1-10-14-12(18(17-10)15(19)22-16(2,3)4)6-5-7-13(14)21-9-11-8-20-11;11-6-8-5-9-3-1-2-4-10(9)12-7-8;;/h5-6,8,10,12-14,19,21,30H,7,9,11,15-17H2,1-4H3;5-7,11H,8-9H2,1-4H3;1-4,8H,5-7,11H2;2*1H2/t19?,21-;11-;;;/m00.../s1. The van der Waals surface area contributed by atoms with Crippen molar-refractivity contribution in [1.82, 2.24) is 19.6 Å². The molecular formula is C53H71N5O10S2. The maximum absolute atomic E-state index is 12.6. The molecule has 380 valence electrons. The van der Waals surface area contributed by atoms with E-state index in [9.17, 15) is 14.7 Å². The molecule has 0 amide bonds. The molecular weight excluding hydrogens is 931 g/mol. The van der Waals surface area contributed by atoms with Crippen LogP contribution in [0.2, 0.25) is 0 Å².